The number of rotatable bonds is 6. The maximum absolute atomic E-state index is 13.0. The van der Waals surface area contributed by atoms with Gasteiger partial charge in [-0.05, 0) is 37.5 Å². The molecule has 0 aromatic heterocycles. The molecule has 2 N–H and O–H groups in total. The summed E-state index contributed by atoms with van der Waals surface area (Å²) in [5.41, 5.74) is 0.911. The second-order valence-electron chi connectivity index (χ2n) is 5.77. The first-order valence-corrected chi connectivity index (χ1v) is 7.70. The number of nitrogens with zero attached hydrogens (tertiary/aromatic N) is 1. The van der Waals surface area contributed by atoms with Crippen LogP contribution in [0.25, 0.3) is 0 Å². The SMILES string of the molecule is CCNC(=NCC1(c2ccc(F)cc2)CC1)NCCC(F)(F)F.I. The Bertz CT molecular complexity index is 539. The van der Waals surface area contributed by atoms with Crippen molar-refractivity contribution in [2.24, 2.45) is 4.99 Å². The lowest BCUT2D eigenvalue weighted by molar-refractivity contribution is -0.132. The third-order valence-electron chi connectivity index (χ3n) is 3.90. The van der Waals surface area contributed by atoms with Crippen LogP contribution in [0, 0.1) is 5.82 Å². The van der Waals surface area contributed by atoms with Gasteiger partial charge in [0.2, 0.25) is 0 Å². The van der Waals surface area contributed by atoms with Gasteiger partial charge in [0.15, 0.2) is 5.96 Å². The summed E-state index contributed by atoms with van der Waals surface area (Å²) in [4.78, 5) is 4.40. The second kappa shape index (κ2) is 8.87. The van der Waals surface area contributed by atoms with E-state index >= 15 is 0 Å². The van der Waals surface area contributed by atoms with Crippen molar-refractivity contribution >= 4 is 29.9 Å². The molecule has 1 aliphatic carbocycles. The average Bonchev–Trinajstić information content (AvgIpc) is 3.25. The van der Waals surface area contributed by atoms with Crippen molar-refractivity contribution in [1.29, 1.82) is 0 Å². The minimum Gasteiger partial charge on any atom is -0.357 e. The van der Waals surface area contributed by atoms with E-state index in [1.165, 1.54) is 12.1 Å². The molecule has 0 spiro atoms. The molecule has 136 valence electrons. The van der Waals surface area contributed by atoms with E-state index in [0.717, 1.165) is 18.4 Å². The van der Waals surface area contributed by atoms with Crippen molar-refractivity contribution in [3.63, 3.8) is 0 Å². The first kappa shape index (κ1) is 21.0. The highest BCUT2D eigenvalue weighted by Gasteiger charge is 2.44. The largest absolute Gasteiger partial charge is 0.390 e. The fourth-order valence-corrected chi connectivity index (χ4v) is 2.39. The van der Waals surface area contributed by atoms with Gasteiger partial charge in [0.1, 0.15) is 5.82 Å². The molecule has 1 aliphatic rings. The molecule has 0 amide bonds. The maximum atomic E-state index is 13.0. The molecule has 8 heteroatoms. The van der Waals surface area contributed by atoms with Crippen LogP contribution in [0.5, 0.6) is 0 Å². The Morgan fingerprint density at radius 3 is 2.29 bits per heavy atom. The Balaban J connectivity index is 0.00000288. The molecule has 0 aliphatic heterocycles. The molecular formula is C16H22F4IN3. The van der Waals surface area contributed by atoms with Crippen molar-refractivity contribution < 1.29 is 17.6 Å². The number of aliphatic imine (C=N–C) groups is 1. The predicted octanol–water partition coefficient (Wildman–Crippen LogP) is 3.98. The van der Waals surface area contributed by atoms with Crippen LogP contribution in [0.3, 0.4) is 0 Å². The standard InChI is InChI=1S/C16H21F4N3.HI/c1-2-21-14(22-10-9-16(18,19)20)23-11-15(7-8-15)12-3-5-13(17)6-4-12;/h3-6H,2,7-11H2,1H3,(H2,21,22,23);1H. The summed E-state index contributed by atoms with van der Waals surface area (Å²) in [6, 6.07) is 6.35. The Morgan fingerprint density at radius 2 is 1.79 bits per heavy atom. The lowest BCUT2D eigenvalue weighted by Crippen LogP contribution is -2.39. The van der Waals surface area contributed by atoms with Crippen molar-refractivity contribution in [2.75, 3.05) is 19.6 Å². The number of hydrogen-bond donors (Lipinski definition) is 2. The Kier molecular flexibility index (Phi) is 7.75. The quantitative estimate of drug-likeness (QED) is 0.292. The number of halogens is 5. The van der Waals surface area contributed by atoms with Crippen molar-refractivity contribution in [2.45, 2.75) is 37.8 Å². The van der Waals surface area contributed by atoms with Crippen LogP contribution in [0.15, 0.2) is 29.3 Å². The number of nitrogens with one attached hydrogen (secondary N) is 2. The number of alkyl halides is 3. The Morgan fingerprint density at radius 1 is 1.17 bits per heavy atom. The van der Waals surface area contributed by atoms with Crippen LogP contribution in [0.2, 0.25) is 0 Å². The number of guanidine groups is 1. The van der Waals surface area contributed by atoms with Gasteiger partial charge in [-0.25, -0.2) is 4.39 Å². The molecule has 0 saturated heterocycles. The zero-order valence-electron chi connectivity index (χ0n) is 13.4. The zero-order chi connectivity index (χ0) is 16.9. The smallest absolute Gasteiger partial charge is 0.357 e. The highest BCUT2D eigenvalue weighted by atomic mass is 127. The molecule has 1 saturated carbocycles. The molecule has 0 atom stereocenters. The maximum Gasteiger partial charge on any atom is 0.390 e. The van der Waals surface area contributed by atoms with Crippen molar-refractivity contribution in [1.82, 2.24) is 10.6 Å². The van der Waals surface area contributed by atoms with Gasteiger partial charge in [-0.1, -0.05) is 12.1 Å². The third kappa shape index (κ3) is 6.45. The van der Waals surface area contributed by atoms with Crippen LogP contribution in [-0.2, 0) is 5.41 Å². The van der Waals surface area contributed by atoms with Gasteiger partial charge in [-0.3, -0.25) is 4.99 Å². The molecule has 2 rings (SSSR count). The van der Waals surface area contributed by atoms with Gasteiger partial charge in [-0.2, -0.15) is 13.2 Å². The summed E-state index contributed by atoms with van der Waals surface area (Å²) in [5, 5.41) is 5.64. The van der Waals surface area contributed by atoms with Gasteiger partial charge in [0.05, 0.1) is 13.0 Å². The molecular weight excluding hydrogens is 437 g/mol. The van der Waals surface area contributed by atoms with Crippen LogP contribution in [0.4, 0.5) is 17.6 Å². The van der Waals surface area contributed by atoms with Gasteiger partial charge in [0.25, 0.3) is 0 Å². The Labute approximate surface area is 156 Å². The summed E-state index contributed by atoms with van der Waals surface area (Å²) in [7, 11) is 0. The second-order valence-corrected chi connectivity index (χ2v) is 5.77. The summed E-state index contributed by atoms with van der Waals surface area (Å²) >= 11 is 0. The molecule has 0 bridgehead atoms. The van der Waals surface area contributed by atoms with E-state index in [1.807, 2.05) is 6.92 Å². The van der Waals surface area contributed by atoms with Crippen LogP contribution in [-0.4, -0.2) is 31.8 Å². The van der Waals surface area contributed by atoms with Gasteiger partial charge in [0, 0.05) is 18.5 Å². The first-order chi connectivity index (χ1) is 10.8. The fraction of sp³-hybridized carbons (Fsp3) is 0.562. The topological polar surface area (TPSA) is 36.4 Å². The highest BCUT2D eigenvalue weighted by molar-refractivity contribution is 14.0. The molecule has 1 aromatic rings. The van der Waals surface area contributed by atoms with Gasteiger partial charge in [-0.15, -0.1) is 24.0 Å². The van der Waals surface area contributed by atoms with Crippen molar-refractivity contribution in [3.8, 4) is 0 Å². The lowest BCUT2D eigenvalue weighted by Gasteiger charge is -2.16. The van der Waals surface area contributed by atoms with Crippen LogP contribution < -0.4 is 10.6 Å². The van der Waals surface area contributed by atoms with E-state index < -0.39 is 12.6 Å². The molecule has 1 aromatic carbocycles. The lowest BCUT2D eigenvalue weighted by atomic mass is 9.96. The van der Waals surface area contributed by atoms with Crippen LogP contribution in [0.1, 0.15) is 31.7 Å². The Hall–Kier alpha value is -1.06. The van der Waals surface area contributed by atoms with E-state index in [9.17, 15) is 17.6 Å². The normalized spacial score (nSPS) is 16.3. The number of benzene rings is 1. The van der Waals surface area contributed by atoms with E-state index in [4.69, 9.17) is 0 Å². The molecule has 0 radical (unpaired) electrons. The highest BCUT2D eigenvalue weighted by Crippen LogP contribution is 2.48. The first-order valence-electron chi connectivity index (χ1n) is 7.70. The molecule has 24 heavy (non-hydrogen) atoms. The monoisotopic (exact) mass is 459 g/mol. The summed E-state index contributed by atoms with van der Waals surface area (Å²) in [5.74, 6) is 0.0975. The molecule has 0 heterocycles. The van der Waals surface area contributed by atoms with E-state index in [2.05, 4.69) is 15.6 Å². The third-order valence-corrected chi connectivity index (χ3v) is 3.90. The van der Waals surface area contributed by atoms with Gasteiger partial charge < -0.3 is 10.6 Å². The van der Waals surface area contributed by atoms with E-state index in [0.29, 0.717) is 19.0 Å². The zero-order valence-corrected chi connectivity index (χ0v) is 15.7. The molecule has 1 fully saturated rings. The predicted molar refractivity (Wildman–Crippen MR) is 97.4 cm³/mol. The molecule has 0 unspecified atom stereocenters. The number of hydrogen-bond acceptors (Lipinski definition) is 1. The van der Waals surface area contributed by atoms with Gasteiger partial charge >= 0.3 is 6.18 Å². The summed E-state index contributed by atoms with van der Waals surface area (Å²) < 4.78 is 49.6. The minimum absolute atomic E-state index is 0. The van der Waals surface area contributed by atoms with Crippen LogP contribution >= 0.6 is 24.0 Å². The molecule has 3 nitrogen and oxygen atoms in total. The van der Waals surface area contributed by atoms with E-state index in [-0.39, 0.29) is 41.8 Å². The summed E-state index contributed by atoms with van der Waals surface area (Å²) in [6.45, 7) is 2.69. The fourth-order valence-electron chi connectivity index (χ4n) is 2.39. The van der Waals surface area contributed by atoms with Crippen molar-refractivity contribution in [3.05, 3.63) is 35.6 Å². The average molecular weight is 459 g/mol. The summed E-state index contributed by atoms with van der Waals surface area (Å²) in [6.07, 6.45) is -3.19. The van der Waals surface area contributed by atoms with E-state index in [1.54, 1.807) is 12.1 Å². The minimum atomic E-state index is -4.18.